The molecule has 2 unspecified atom stereocenters. The molecule has 5 aliphatic rings. The molecule has 1 heterocycles. The number of carbonyl (C=O) groups excluding carboxylic acids is 1. The summed E-state index contributed by atoms with van der Waals surface area (Å²) >= 11 is 6.91. The maximum Gasteiger partial charge on any atom is 0.246 e. The lowest BCUT2D eigenvalue weighted by Crippen LogP contribution is -2.57. The van der Waals surface area contributed by atoms with Gasteiger partial charge in [-0.3, -0.25) is 4.79 Å². The molecule has 2 atom stereocenters. The highest BCUT2D eigenvalue weighted by molar-refractivity contribution is 7.89. The quantitative estimate of drug-likeness (QED) is 0.594. The van der Waals surface area contributed by atoms with Crippen molar-refractivity contribution in [3.05, 3.63) is 18.2 Å². The topological polar surface area (TPSA) is 75.7 Å². The number of anilines is 1. The first-order chi connectivity index (χ1) is 15.2. The summed E-state index contributed by atoms with van der Waals surface area (Å²) in [4.78, 5) is 13.4. The molecule has 176 valence electrons. The highest BCUT2D eigenvalue weighted by Gasteiger charge is 2.60. The molecule has 4 aliphatic carbocycles. The van der Waals surface area contributed by atoms with E-state index >= 15 is 0 Å². The smallest absolute Gasteiger partial charge is 0.246 e. The highest BCUT2D eigenvalue weighted by Crippen LogP contribution is 2.64. The van der Waals surface area contributed by atoms with Gasteiger partial charge in [0, 0.05) is 23.7 Å². The van der Waals surface area contributed by atoms with Gasteiger partial charge in [0.2, 0.25) is 15.9 Å². The first kappa shape index (κ1) is 22.5. The Labute approximate surface area is 196 Å². The van der Waals surface area contributed by atoms with Crippen LogP contribution in [0, 0.1) is 17.3 Å². The van der Waals surface area contributed by atoms with Gasteiger partial charge < -0.3 is 10.1 Å². The number of sulfonamides is 1. The SMILES string of the molecule is CCOc1ccc(NC(=O)C23CC4CC(CC(Cl)(C4)C2)C3)cc1S(=O)(=O)N1CCCCC1. The van der Waals surface area contributed by atoms with Gasteiger partial charge in [0.1, 0.15) is 10.6 Å². The maximum absolute atomic E-state index is 13.5. The minimum absolute atomic E-state index is 0.0119. The van der Waals surface area contributed by atoms with Gasteiger partial charge in [-0.15, -0.1) is 11.6 Å². The summed E-state index contributed by atoms with van der Waals surface area (Å²) in [5.74, 6) is 1.37. The van der Waals surface area contributed by atoms with Crippen molar-refractivity contribution in [3.63, 3.8) is 0 Å². The third-order valence-corrected chi connectivity index (χ3v) is 10.3. The van der Waals surface area contributed by atoms with Crippen molar-refractivity contribution in [2.75, 3.05) is 25.0 Å². The van der Waals surface area contributed by atoms with Crippen LogP contribution in [0.15, 0.2) is 23.1 Å². The third kappa shape index (κ3) is 3.94. The molecule has 32 heavy (non-hydrogen) atoms. The Bertz CT molecular complexity index is 991. The van der Waals surface area contributed by atoms with Crippen LogP contribution in [0.4, 0.5) is 5.69 Å². The predicted molar refractivity (Wildman–Crippen MR) is 125 cm³/mol. The van der Waals surface area contributed by atoms with Crippen molar-refractivity contribution >= 4 is 33.2 Å². The highest BCUT2D eigenvalue weighted by atomic mass is 35.5. The summed E-state index contributed by atoms with van der Waals surface area (Å²) in [6.07, 6.45) is 8.49. The molecule has 1 aromatic carbocycles. The molecule has 0 spiro atoms. The molecule has 5 fully saturated rings. The zero-order valence-corrected chi connectivity index (χ0v) is 20.3. The Morgan fingerprint density at radius 1 is 1.16 bits per heavy atom. The Hall–Kier alpha value is -1.31. The lowest BCUT2D eigenvalue weighted by atomic mass is 9.49. The second-order valence-electron chi connectivity index (χ2n) is 10.4. The molecule has 1 amide bonds. The summed E-state index contributed by atoms with van der Waals surface area (Å²) in [6.45, 7) is 3.25. The van der Waals surface area contributed by atoms with Gasteiger partial charge in [0.05, 0.1) is 12.0 Å². The van der Waals surface area contributed by atoms with Gasteiger partial charge in [-0.2, -0.15) is 4.31 Å². The first-order valence-electron chi connectivity index (χ1n) is 12.0. The summed E-state index contributed by atoms with van der Waals surface area (Å²) < 4.78 is 34.0. The van der Waals surface area contributed by atoms with E-state index in [0.29, 0.717) is 43.0 Å². The van der Waals surface area contributed by atoms with Gasteiger partial charge in [-0.1, -0.05) is 6.42 Å². The van der Waals surface area contributed by atoms with Crippen LogP contribution in [0.5, 0.6) is 5.75 Å². The monoisotopic (exact) mass is 480 g/mol. The molecule has 1 aliphatic heterocycles. The largest absolute Gasteiger partial charge is 0.492 e. The number of hydrogen-bond donors (Lipinski definition) is 1. The average molecular weight is 481 g/mol. The van der Waals surface area contributed by atoms with Crippen LogP contribution in [0.3, 0.4) is 0 Å². The second kappa shape index (κ2) is 8.17. The number of nitrogens with zero attached hydrogens (tertiary/aromatic N) is 1. The molecule has 1 saturated heterocycles. The molecular weight excluding hydrogens is 448 g/mol. The van der Waals surface area contributed by atoms with E-state index in [9.17, 15) is 13.2 Å². The molecular formula is C24H33ClN2O4S. The predicted octanol–water partition coefficient (Wildman–Crippen LogP) is 4.78. The molecule has 1 N–H and O–H groups in total. The molecule has 4 saturated carbocycles. The van der Waals surface area contributed by atoms with Crippen molar-refractivity contribution in [2.24, 2.45) is 17.3 Å². The number of piperidine rings is 1. The zero-order chi connectivity index (χ0) is 22.6. The van der Waals surface area contributed by atoms with E-state index in [1.165, 1.54) is 10.7 Å². The van der Waals surface area contributed by atoms with Gasteiger partial charge in [0.15, 0.2) is 0 Å². The van der Waals surface area contributed by atoms with E-state index < -0.39 is 15.4 Å². The van der Waals surface area contributed by atoms with Crippen LogP contribution in [-0.2, 0) is 14.8 Å². The fraction of sp³-hybridized carbons (Fsp3) is 0.708. The van der Waals surface area contributed by atoms with Crippen molar-refractivity contribution in [1.29, 1.82) is 0 Å². The number of carbonyl (C=O) groups is 1. The Morgan fingerprint density at radius 2 is 1.84 bits per heavy atom. The number of halogens is 1. The molecule has 4 bridgehead atoms. The number of nitrogens with one attached hydrogen (secondary N) is 1. The van der Waals surface area contributed by atoms with E-state index in [4.69, 9.17) is 16.3 Å². The minimum Gasteiger partial charge on any atom is -0.492 e. The molecule has 0 aromatic heterocycles. The zero-order valence-electron chi connectivity index (χ0n) is 18.7. The number of amides is 1. The van der Waals surface area contributed by atoms with Crippen molar-refractivity contribution in [1.82, 2.24) is 4.31 Å². The van der Waals surface area contributed by atoms with Crippen molar-refractivity contribution in [3.8, 4) is 5.75 Å². The van der Waals surface area contributed by atoms with E-state index in [2.05, 4.69) is 5.32 Å². The summed E-state index contributed by atoms with van der Waals surface area (Å²) in [6, 6.07) is 4.98. The number of rotatable bonds is 6. The lowest BCUT2D eigenvalue weighted by Gasteiger charge is -2.59. The van der Waals surface area contributed by atoms with Gasteiger partial charge in [0.25, 0.3) is 0 Å². The Morgan fingerprint density at radius 3 is 2.47 bits per heavy atom. The van der Waals surface area contributed by atoms with E-state index in [-0.39, 0.29) is 15.7 Å². The number of alkyl halides is 1. The normalized spacial score (nSPS) is 34.4. The maximum atomic E-state index is 13.5. The fourth-order valence-corrected chi connectivity index (χ4v) is 9.35. The number of ether oxygens (including phenoxy) is 1. The average Bonchev–Trinajstić information content (AvgIpc) is 2.74. The Balaban J connectivity index is 1.42. The van der Waals surface area contributed by atoms with Crippen LogP contribution < -0.4 is 10.1 Å². The molecule has 8 heteroatoms. The van der Waals surface area contributed by atoms with Crippen molar-refractivity contribution < 1.29 is 17.9 Å². The number of benzene rings is 1. The molecule has 1 aromatic rings. The van der Waals surface area contributed by atoms with Crippen LogP contribution >= 0.6 is 11.6 Å². The fourth-order valence-electron chi connectivity index (χ4n) is 6.99. The van der Waals surface area contributed by atoms with E-state index in [1.54, 1.807) is 18.2 Å². The standard InChI is InChI=1S/C24H33ClN2O4S/c1-2-31-20-7-6-19(11-21(20)32(29,30)27-8-4-3-5-9-27)26-22(28)23-12-17-10-18(13-23)15-24(25,14-17)16-23/h6-7,11,17-18H,2-5,8-10,12-16H2,1H3,(H,26,28). The van der Waals surface area contributed by atoms with Gasteiger partial charge in [-0.05, 0) is 88.3 Å². The lowest BCUT2D eigenvalue weighted by molar-refractivity contribution is -0.138. The molecule has 6 nitrogen and oxygen atoms in total. The van der Waals surface area contributed by atoms with E-state index in [0.717, 1.165) is 51.4 Å². The summed E-state index contributed by atoms with van der Waals surface area (Å²) in [5, 5.41) is 3.06. The number of hydrogen-bond acceptors (Lipinski definition) is 4. The van der Waals surface area contributed by atoms with Crippen LogP contribution in [0.1, 0.15) is 64.7 Å². The molecule has 6 rings (SSSR count). The summed E-state index contributed by atoms with van der Waals surface area (Å²) in [7, 11) is -3.69. The third-order valence-electron chi connectivity index (χ3n) is 7.91. The second-order valence-corrected chi connectivity index (χ2v) is 13.1. The minimum atomic E-state index is -3.69. The van der Waals surface area contributed by atoms with Crippen LogP contribution in [0.25, 0.3) is 0 Å². The summed E-state index contributed by atoms with van der Waals surface area (Å²) in [5.41, 5.74) is 0.0736. The van der Waals surface area contributed by atoms with Crippen molar-refractivity contribution in [2.45, 2.75) is 74.5 Å². The van der Waals surface area contributed by atoms with E-state index in [1.807, 2.05) is 6.92 Å². The Kier molecular flexibility index (Phi) is 5.74. The van der Waals surface area contributed by atoms with Gasteiger partial charge >= 0.3 is 0 Å². The first-order valence-corrected chi connectivity index (χ1v) is 13.8. The van der Waals surface area contributed by atoms with Gasteiger partial charge in [-0.25, -0.2) is 8.42 Å². The van der Waals surface area contributed by atoms with Crippen LogP contribution in [-0.4, -0.2) is 43.2 Å². The van der Waals surface area contributed by atoms with Crippen LogP contribution in [0.2, 0.25) is 0 Å². The molecule has 0 radical (unpaired) electrons.